The van der Waals surface area contributed by atoms with E-state index in [2.05, 4.69) is 5.10 Å². The summed E-state index contributed by atoms with van der Waals surface area (Å²) in [7, 11) is -2.29. The van der Waals surface area contributed by atoms with E-state index in [0.29, 0.717) is 6.42 Å². The molecule has 1 atom stereocenters. The maximum Gasteiger partial charge on any atom is 0.242 e. The average Bonchev–Trinajstić information content (AvgIpc) is 2.97. The van der Waals surface area contributed by atoms with Crippen LogP contribution in [0.25, 0.3) is 5.69 Å². The van der Waals surface area contributed by atoms with Crippen molar-refractivity contribution in [3.63, 3.8) is 0 Å². The first-order chi connectivity index (χ1) is 11.6. The van der Waals surface area contributed by atoms with E-state index in [1.54, 1.807) is 12.4 Å². The molecule has 8 heteroatoms. The number of halogens is 1. The van der Waals surface area contributed by atoms with Crippen molar-refractivity contribution in [1.29, 1.82) is 0 Å². The topological polar surface area (TPSA) is 81.2 Å². The van der Waals surface area contributed by atoms with Crippen LogP contribution in [-0.4, -0.2) is 42.1 Å². The monoisotopic (exact) mass is 368 g/mol. The third-order valence-electron chi connectivity index (χ3n) is 4.22. The Morgan fingerprint density at radius 1 is 1.36 bits per heavy atom. The van der Waals surface area contributed by atoms with Crippen molar-refractivity contribution in [3.05, 3.63) is 42.0 Å². The van der Waals surface area contributed by atoms with Crippen molar-refractivity contribution in [2.75, 3.05) is 13.6 Å². The third kappa shape index (κ3) is 4.45. The molecule has 0 aliphatic rings. The summed E-state index contributed by atoms with van der Waals surface area (Å²) in [4.78, 5) is -0.0850. The van der Waals surface area contributed by atoms with E-state index in [-0.39, 0.29) is 29.1 Å². The normalized spacial score (nSPS) is 13.6. The molecule has 0 amide bonds. The number of nitrogens with zero attached hydrogens (tertiary/aromatic N) is 3. The Labute approximate surface area is 148 Å². The molecule has 6 nitrogen and oxygen atoms in total. The lowest BCUT2D eigenvalue weighted by Gasteiger charge is -2.21. The van der Waals surface area contributed by atoms with E-state index in [1.807, 2.05) is 20.8 Å². The second-order valence-electron chi connectivity index (χ2n) is 6.60. The fraction of sp³-hybridized carbons (Fsp3) is 0.471. The van der Waals surface area contributed by atoms with Gasteiger partial charge >= 0.3 is 0 Å². The van der Waals surface area contributed by atoms with Gasteiger partial charge in [0.25, 0.3) is 0 Å². The molecule has 2 aromatic rings. The van der Waals surface area contributed by atoms with Crippen molar-refractivity contribution < 1.29 is 12.8 Å². The number of hydrogen-bond donors (Lipinski definition) is 1. The summed E-state index contributed by atoms with van der Waals surface area (Å²) in [5.74, 6) is -0.373. The summed E-state index contributed by atoms with van der Waals surface area (Å²) >= 11 is 0. The smallest absolute Gasteiger partial charge is 0.242 e. The van der Waals surface area contributed by atoms with Crippen LogP contribution in [0.5, 0.6) is 0 Å². The highest BCUT2D eigenvalue weighted by atomic mass is 32.2. The number of aryl methyl sites for hydroxylation is 1. The maximum absolute atomic E-state index is 14.4. The van der Waals surface area contributed by atoms with Crippen molar-refractivity contribution in [2.45, 2.75) is 38.1 Å². The predicted octanol–water partition coefficient (Wildman–Crippen LogP) is 2.31. The van der Waals surface area contributed by atoms with Crippen LogP contribution in [0.1, 0.15) is 25.8 Å². The van der Waals surface area contributed by atoms with Crippen LogP contribution >= 0.6 is 0 Å². The molecule has 1 aromatic carbocycles. The van der Waals surface area contributed by atoms with Crippen LogP contribution in [0.3, 0.4) is 0 Å². The highest BCUT2D eigenvalue weighted by molar-refractivity contribution is 7.89. The first kappa shape index (κ1) is 19.6. The fourth-order valence-corrected chi connectivity index (χ4v) is 3.54. The van der Waals surface area contributed by atoms with Crippen LogP contribution in [0.4, 0.5) is 4.39 Å². The van der Waals surface area contributed by atoms with E-state index in [1.165, 1.54) is 28.2 Å². The highest BCUT2D eigenvalue weighted by Gasteiger charge is 2.23. The number of rotatable bonds is 7. The van der Waals surface area contributed by atoms with Gasteiger partial charge in [-0.1, -0.05) is 13.8 Å². The van der Waals surface area contributed by atoms with Gasteiger partial charge in [-0.3, -0.25) is 0 Å². The molecule has 0 fully saturated rings. The minimum absolute atomic E-state index is 0.0835. The van der Waals surface area contributed by atoms with E-state index < -0.39 is 15.8 Å². The number of sulfonamides is 1. The number of nitrogens with two attached hydrogens (primary N) is 1. The first-order valence-electron chi connectivity index (χ1n) is 8.16. The standard InChI is InChI=1S/C17H25FN4O2S/c1-12(2)16(19)7-8-21(4)25(23,24)14-5-6-17(15(18)9-14)22-11-13(3)10-20-22/h5-6,9-12,16H,7-8,19H2,1-4H3. The fourth-order valence-electron chi connectivity index (χ4n) is 2.34. The van der Waals surface area contributed by atoms with Crippen LogP contribution < -0.4 is 5.73 Å². The summed E-state index contributed by atoms with van der Waals surface area (Å²) < 4.78 is 42.2. The maximum atomic E-state index is 14.4. The van der Waals surface area contributed by atoms with E-state index in [0.717, 1.165) is 11.6 Å². The van der Waals surface area contributed by atoms with Gasteiger partial charge in [-0.2, -0.15) is 5.10 Å². The van der Waals surface area contributed by atoms with Crippen molar-refractivity contribution >= 4 is 10.0 Å². The van der Waals surface area contributed by atoms with Crippen molar-refractivity contribution in [1.82, 2.24) is 14.1 Å². The first-order valence-corrected chi connectivity index (χ1v) is 9.60. The largest absolute Gasteiger partial charge is 0.327 e. The lowest BCUT2D eigenvalue weighted by atomic mass is 10.0. The Kier molecular flexibility index (Phi) is 5.97. The van der Waals surface area contributed by atoms with Gasteiger partial charge in [0.1, 0.15) is 11.5 Å². The van der Waals surface area contributed by atoms with E-state index in [9.17, 15) is 12.8 Å². The Bertz CT molecular complexity index is 833. The molecule has 0 bridgehead atoms. The van der Waals surface area contributed by atoms with Gasteiger partial charge in [-0.05, 0) is 43.0 Å². The van der Waals surface area contributed by atoms with Gasteiger partial charge in [0.05, 0.1) is 11.1 Å². The Balaban J connectivity index is 2.20. The van der Waals surface area contributed by atoms with Crippen molar-refractivity contribution in [3.8, 4) is 5.69 Å². The molecule has 1 unspecified atom stereocenters. The number of aromatic nitrogens is 2. The zero-order chi connectivity index (χ0) is 18.8. The SMILES string of the molecule is Cc1cnn(-c2ccc(S(=O)(=O)N(C)CCC(N)C(C)C)cc2F)c1. The molecule has 25 heavy (non-hydrogen) atoms. The van der Waals surface area contributed by atoms with Gasteiger partial charge in [0.15, 0.2) is 0 Å². The van der Waals surface area contributed by atoms with Gasteiger partial charge < -0.3 is 5.73 Å². The van der Waals surface area contributed by atoms with Gasteiger partial charge in [0.2, 0.25) is 10.0 Å². The van der Waals surface area contributed by atoms with Gasteiger partial charge in [-0.15, -0.1) is 0 Å². The van der Waals surface area contributed by atoms with Crippen LogP contribution in [0, 0.1) is 18.7 Å². The summed E-state index contributed by atoms with van der Waals surface area (Å²) in [6.07, 6.45) is 3.82. The lowest BCUT2D eigenvalue weighted by Crippen LogP contribution is -2.34. The second-order valence-corrected chi connectivity index (χ2v) is 8.64. The Morgan fingerprint density at radius 3 is 2.56 bits per heavy atom. The molecule has 2 N–H and O–H groups in total. The minimum atomic E-state index is -3.77. The molecular formula is C17H25FN4O2S. The molecule has 0 saturated carbocycles. The highest BCUT2D eigenvalue weighted by Crippen LogP contribution is 2.21. The molecule has 1 aromatic heterocycles. The molecule has 0 aliphatic heterocycles. The molecular weight excluding hydrogens is 343 g/mol. The summed E-state index contributed by atoms with van der Waals surface area (Å²) in [6, 6.07) is 3.76. The summed E-state index contributed by atoms with van der Waals surface area (Å²) in [5.41, 5.74) is 7.06. The van der Waals surface area contributed by atoms with Crippen LogP contribution in [0.2, 0.25) is 0 Å². The Morgan fingerprint density at radius 2 is 2.04 bits per heavy atom. The zero-order valence-electron chi connectivity index (χ0n) is 15.0. The molecule has 0 spiro atoms. The molecule has 1 heterocycles. The second kappa shape index (κ2) is 7.63. The number of hydrogen-bond acceptors (Lipinski definition) is 4. The molecule has 0 aliphatic carbocycles. The van der Waals surface area contributed by atoms with Crippen LogP contribution in [-0.2, 0) is 10.0 Å². The van der Waals surface area contributed by atoms with E-state index >= 15 is 0 Å². The zero-order valence-corrected chi connectivity index (χ0v) is 15.8. The molecule has 2 rings (SSSR count). The predicted molar refractivity (Wildman–Crippen MR) is 95.5 cm³/mol. The summed E-state index contributed by atoms with van der Waals surface area (Å²) in [6.45, 7) is 6.11. The van der Waals surface area contributed by atoms with Crippen molar-refractivity contribution in [2.24, 2.45) is 11.7 Å². The van der Waals surface area contributed by atoms with E-state index in [4.69, 9.17) is 5.73 Å². The lowest BCUT2D eigenvalue weighted by molar-refractivity contribution is 0.397. The molecule has 0 saturated heterocycles. The minimum Gasteiger partial charge on any atom is -0.327 e. The molecule has 0 radical (unpaired) electrons. The van der Waals surface area contributed by atoms with Gasteiger partial charge in [0, 0.05) is 25.8 Å². The van der Waals surface area contributed by atoms with Gasteiger partial charge in [-0.25, -0.2) is 21.8 Å². The third-order valence-corrected chi connectivity index (χ3v) is 6.07. The number of benzene rings is 1. The summed E-state index contributed by atoms with van der Waals surface area (Å²) in [5, 5.41) is 4.04. The van der Waals surface area contributed by atoms with Crippen LogP contribution in [0.15, 0.2) is 35.5 Å². The average molecular weight is 368 g/mol. The quantitative estimate of drug-likeness (QED) is 0.813. The Hall–Kier alpha value is -1.77. The molecule has 138 valence electrons.